The lowest BCUT2D eigenvalue weighted by molar-refractivity contribution is -0.147. The van der Waals surface area contributed by atoms with E-state index >= 15 is 0 Å². The Labute approximate surface area is 196 Å². The fraction of sp³-hybridized carbons (Fsp3) is 0.400. The Hall–Kier alpha value is -2.97. The summed E-state index contributed by atoms with van der Waals surface area (Å²) >= 11 is 1.64. The Morgan fingerprint density at radius 1 is 1.21 bits per heavy atom. The molecule has 174 valence electrons. The number of carbonyl (C=O) groups is 2. The van der Waals surface area contributed by atoms with Crippen LogP contribution >= 0.6 is 11.3 Å². The van der Waals surface area contributed by atoms with Crippen LogP contribution in [0.1, 0.15) is 42.0 Å². The molecule has 3 atom stereocenters. The predicted octanol–water partition coefficient (Wildman–Crippen LogP) is 4.23. The molecular weight excluding hydrogens is 442 g/mol. The molecule has 1 unspecified atom stereocenters. The SMILES string of the molecule is COCCOC(=O)C1C(C)=NC2=C(C(=O)C[C@@H](c3cccs3)C2)[C@@H]1c1ccc(O)c(OC)c1. The number of ketones is 1. The van der Waals surface area contributed by atoms with Gasteiger partial charge in [-0.15, -0.1) is 11.3 Å². The van der Waals surface area contributed by atoms with Crippen molar-refractivity contribution in [3.63, 3.8) is 0 Å². The summed E-state index contributed by atoms with van der Waals surface area (Å²) in [5.41, 5.74) is 2.57. The third-order valence-corrected chi connectivity index (χ3v) is 7.22. The minimum absolute atomic E-state index is 0.0106. The molecule has 4 rings (SSSR count). The zero-order chi connectivity index (χ0) is 23.5. The fourth-order valence-electron chi connectivity index (χ4n) is 4.65. The van der Waals surface area contributed by atoms with Crippen LogP contribution in [0.5, 0.6) is 11.5 Å². The summed E-state index contributed by atoms with van der Waals surface area (Å²) in [4.78, 5) is 32.6. The quantitative estimate of drug-likeness (QED) is 0.482. The molecule has 1 aliphatic carbocycles. The summed E-state index contributed by atoms with van der Waals surface area (Å²) in [5, 5.41) is 12.1. The van der Waals surface area contributed by atoms with Crippen molar-refractivity contribution in [2.45, 2.75) is 31.6 Å². The first-order chi connectivity index (χ1) is 15.9. The molecule has 2 aromatic rings. The number of aromatic hydroxyl groups is 1. The van der Waals surface area contributed by atoms with Crippen LogP contribution in [0.4, 0.5) is 0 Å². The number of carbonyl (C=O) groups excluding carboxylic acids is 2. The number of phenols is 1. The number of ether oxygens (including phenoxy) is 3. The summed E-state index contributed by atoms with van der Waals surface area (Å²) < 4.78 is 15.8. The maximum atomic E-state index is 13.5. The van der Waals surface area contributed by atoms with E-state index in [1.54, 1.807) is 30.4 Å². The van der Waals surface area contributed by atoms with Gasteiger partial charge in [0.15, 0.2) is 17.3 Å². The maximum absolute atomic E-state index is 13.5. The molecule has 0 fully saturated rings. The van der Waals surface area contributed by atoms with Crippen LogP contribution in [-0.4, -0.2) is 50.0 Å². The van der Waals surface area contributed by atoms with Crippen molar-refractivity contribution in [1.29, 1.82) is 0 Å². The van der Waals surface area contributed by atoms with Gasteiger partial charge in [0.1, 0.15) is 12.5 Å². The second kappa shape index (κ2) is 9.89. The van der Waals surface area contributed by atoms with Crippen LogP contribution in [0.2, 0.25) is 0 Å². The second-order valence-corrected chi connectivity index (χ2v) is 9.18. The Morgan fingerprint density at radius 2 is 2.03 bits per heavy atom. The number of Topliss-reactive ketones (excluding diaryl/α,β-unsaturated/α-hetero) is 1. The number of nitrogens with zero attached hydrogens (tertiary/aromatic N) is 1. The van der Waals surface area contributed by atoms with Crippen LogP contribution in [0.25, 0.3) is 0 Å². The lowest BCUT2D eigenvalue weighted by Crippen LogP contribution is -2.38. The molecular formula is C25H27NO6S. The Morgan fingerprint density at radius 3 is 2.73 bits per heavy atom. The van der Waals surface area contributed by atoms with E-state index in [1.165, 1.54) is 20.3 Å². The maximum Gasteiger partial charge on any atom is 0.315 e. The average molecular weight is 470 g/mol. The number of hydrogen-bond donors (Lipinski definition) is 1. The van der Waals surface area contributed by atoms with Gasteiger partial charge >= 0.3 is 5.97 Å². The molecule has 1 aromatic carbocycles. The minimum Gasteiger partial charge on any atom is -0.504 e. The lowest BCUT2D eigenvalue weighted by Gasteiger charge is -2.36. The highest BCUT2D eigenvalue weighted by Gasteiger charge is 2.45. The van der Waals surface area contributed by atoms with Crippen LogP contribution < -0.4 is 4.74 Å². The highest BCUT2D eigenvalue weighted by Crippen LogP contribution is 2.48. The zero-order valence-electron chi connectivity index (χ0n) is 18.9. The number of benzene rings is 1. The first kappa shape index (κ1) is 23.2. The summed E-state index contributed by atoms with van der Waals surface area (Å²) in [6.07, 6.45) is 1.00. The van der Waals surface area contributed by atoms with E-state index in [0.29, 0.717) is 29.7 Å². The summed E-state index contributed by atoms with van der Waals surface area (Å²) in [6.45, 7) is 2.20. The van der Waals surface area contributed by atoms with Crippen molar-refractivity contribution < 1.29 is 28.9 Å². The van der Waals surface area contributed by atoms with Gasteiger partial charge in [0.05, 0.1) is 13.7 Å². The Bertz CT molecular complexity index is 1100. The number of allylic oxidation sites excluding steroid dienone is 2. The van der Waals surface area contributed by atoms with Gasteiger partial charge in [-0.3, -0.25) is 14.6 Å². The van der Waals surface area contributed by atoms with Gasteiger partial charge in [0.2, 0.25) is 0 Å². The topological polar surface area (TPSA) is 94.4 Å². The third kappa shape index (κ3) is 4.58. The van der Waals surface area contributed by atoms with Gasteiger partial charge in [-0.25, -0.2) is 0 Å². The second-order valence-electron chi connectivity index (χ2n) is 8.20. The summed E-state index contributed by atoms with van der Waals surface area (Å²) in [7, 11) is 3.00. The van der Waals surface area contributed by atoms with Gasteiger partial charge in [-0.05, 0) is 42.5 Å². The van der Waals surface area contributed by atoms with E-state index in [9.17, 15) is 14.7 Å². The molecule has 0 radical (unpaired) electrons. The zero-order valence-corrected chi connectivity index (χ0v) is 19.7. The molecule has 1 aliphatic heterocycles. The van der Waals surface area contributed by atoms with Gasteiger partial charge in [-0.2, -0.15) is 0 Å². The molecule has 2 aliphatic rings. The molecule has 1 aromatic heterocycles. The standard InChI is InChI=1S/C25H27NO6S/c1-14-22(25(29)32-9-8-30-2)23(15-6-7-18(27)20(13-15)31-3)24-17(26-14)11-16(12-19(24)28)21-5-4-10-33-21/h4-7,10,13,16,22-23,27H,8-9,11-12H2,1-3H3/t16-,22?,23+/m0/s1. The molecule has 0 amide bonds. The molecule has 33 heavy (non-hydrogen) atoms. The fourth-order valence-corrected chi connectivity index (χ4v) is 5.48. The van der Waals surface area contributed by atoms with Crippen molar-refractivity contribution in [2.75, 3.05) is 27.4 Å². The Balaban J connectivity index is 1.78. The third-order valence-electron chi connectivity index (χ3n) is 6.18. The molecule has 0 saturated heterocycles. The molecule has 1 N–H and O–H groups in total. The number of methoxy groups -OCH3 is 2. The number of esters is 1. The monoisotopic (exact) mass is 469 g/mol. The van der Waals surface area contributed by atoms with E-state index in [0.717, 1.165) is 10.6 Å². The normalized spacial score (nSPS) is 22.6. The van der Waals surface area contributed by atoms with E-state index in [2.05, 4.69) is 0 Å². The molecule has 0 spiro atoms. The van der Waals surface area contributed by atoms with Crippen molar-refractivity contribution >= 4 is 28.8 Å². The van der Waals surface area contributed by atoms with Crippen LogP contribution in [-0.2, 0) is 19.1 Å². The highest BCUT2D eigenvalue weighted by atomic mass is 32.1. The highest BCUT2D eigenvalue weighted by molar-refractivity contribution is 7.10. The van der Waals surface area contributed by atoms with E-state index < -0.39 is 17.8 Å². The van der Waals surface area contributed by atoms with Crippen molar-refractivity contribution in [3.8, 4) is 11.5 Å². The predicted molar refractivity (Wildman–Crippen MR) is 125 cm³/mol. The minimum atomic E-state index is -0.753. The van der Waals surface area contributed by atoms with Crippen LogP contribution in [0.15, 0.2) is 52.0 Å². The first-order valence-corrected chi connectivity index (χ1v) is 11.7. The average Bonchev–Trinajstić information content (AvgIpc) is 3.33. The first-order valence-electron chi connectivity index (χ1n) is 10.8. The smallest absolute Gasteiger partial charge is 0.315 e. The van der Waals surface area contributed by atoms with Gasteiger partial charge in [0.25, 0.3) is 0 Å². The van der Waals surface area contributed by atoms with Gasteiger partial charge in [-0.1, -0.05) is 12.1 Å². The molecule has 0 bridgehead atoms. The number of hydrogen-bond acceptors (Lipinski definition) is 8. The van der Waals surface area contributed by atoms with Crippen LogP contribution in [0.3, 0.4) is 0 Å². The number of phenolic OH excluding ortho intramolecular Hbond substituents is 1. The van der Waals surface area contributed by atoms with E-state index in [1.807, 2.05) is 17.5 Å². The number of rotatable bonds is 7. The lowest BCUT2D eigenvalue weighted by atomic mass is 9.70. The van der Waals surface area contributed by atoms with E-state index in [4.69, 9.17) is 19.2 Å². The largest absolute Gasteiger partial charge is 0.504 e. The van der Waals surface area contributed by atoms with Gasteiger partial charge in [0, 0.05) is 47.2 Å². The van der Waals surface area contributed by atoms with Crippen molar-refractivity contribution in [1.82, 2.24) is 0 Å². The van der Waals surface area contributed by atoms with Gasteiger partial charge < -0.3 is 19.3 Å². The van der Waals surface area contributed by atoms with Crippen molar-refractivity contribution in [2.24, 2.45) is 10.9 Å². The molecule has 7 nitrogen and oxygen atoms in total. The van der Waals surface area contributed by atoms with Crippen molar-refractivity contribution in [3.05, 3.63) is 57.4 Å². The summed E-state index contributed by atoms with van der Waals surface area (Å²) in [5.74, 6) is -1.45. The number of thiophene rings is 1. The molecule has 2 heterocycles. The molecule has 8 heteroatoms. The summed E-state index contributed by atoms with van der Waals surface area (Å²) in [6, 6.07) is 8.95. The molecule has 0 saturated carbocycles. The number of aliphatic imine (C=N–C) groups is 1. The Kier molecular flexibility index (Phi) is 6.95. The van der Waals surface area contributed by atoms with E-state index in [-0.39, 0.29) is 36.4 Å². The van der Waals surface area contributed by atoms with Crippen LogP contribution in [0, 0.1) is 5.92 Å².